The molecule has 1 saturated carbocycles. The summed E-state index contributed by atoms with van der Waals surface area (Å²) in [6, 6.07) is 0.246. The second-order valence-electron chi connectivity index (χ2n) is 7.13. The van der Waals surface area contributed by atoms with Crippen LogP contribution in [0.25, 0.3) is 0 Å². The number of carbonyl (C=O) groups excluding carboxylic acids is 1. The van der Waals surface area contributed by atoms with Crippen LogP contribution in [-0.2, 0) is 9.53 Å². The first-order valence-electron chi connectivity index (χ1n) is 8.30. The number of nitrogens with two attached hydrogens (primary N) is 1. The van der Waals surface area contributed by atoms with E-state index in [4.69, 9.17) is 10.5 Å². The van der Waals surface area contributed by atoms with Gasteiger partial charge >= 0.3 is 0 Å². The molecule has 0 bridgehead atoms. The SMILES string of the molecule is N[C@@H]1CCC[C@H]1CC(=O)N1CCCC2(CCCOC2)C1. The summed E-state index contributed by atoms with van der Waals surface area (Å²) in [5, 5.41) is 0. The number of ether oxygens (including phenoxy) is 1. The molecule has 3 aliphatic rings. The van der Waals surface area contributed by atoms with Crippen LogP contribution in [0.1, 0.15) is 51.4 Å². The van der Waals surface area contributed by atoms with Gasteiger partial charge < -0.3 is 15.4 Å². The standard InChI is InChI=1S/C16H28N2O2/c17-14-5-1-4-13(14)10-15(19)18-8-2-6-16(11-18)7-3-9-20-12-16/h13-14H,1-12,17H2/t13-,14+,16?/m0/s1. The second-order valence-corrected chi connectivity index (χ2v) is 7.13. The smallest absolute Gasteiger partial charge is 0.222 e. The van der Waals surface area contributed by atoms with E-state index in [2.05, 4.69) is 4.90 Å². The van der Waals surface area contributed by atoms with Crippen LogP contribution in [-0.4, -0.2) is 43.2 Å². The van der Waals surface area contributed by atoms with Crippen molar-refractivity contribution in [3.63, 3.8) is 0 Å². The van der Waals surface area contributed by atoms with Gasteiger partial charge in [-0.05, 0) is 44.4 Å². The predicted octanol–water partition coefficient (Wildman–Crippen LogP) is 1.92. The summed E-state index contributed by atoms with van der Waals surface area (Å²) in [4.78, 5) is 14.7. The van der Waals surface area contributed by atoms with Crippen LogP contribution in [0, 0.1) is 11.3 Å². The minimum absolute atomic E-state index is 0.246. The van der Waals surface area contributed by atoms with Crippen LogP contribution in [0.4, 0.5) is 0 Å². The number of amides is 1. The zero-order valence-electron chi connectivity index (χ0n) is 12.5. The molecule has 4 nitrogen and oxygen atoms in total. The first-order chi connectivity index (χ1) is 9.69. The van der Waals surface area contributed by atoms with Crippen molar-refractivity contribution in [2.24, 2.45) is 17.1 Å². The maximum absolute atomic E-state index is 12.6. The Morgan fingerprint density at radius 3 is 2.80 bits per heavy atom. The molecule has 1 spiro atoms. The Kier molecular flexibility index (Phi) is 4.32. The summed E-state index contributed by atoms with van der Waals surface area (Å²) in [5.41, 5.74) is 6.36. The number of likely N-dealkylation sites (tertiary alicyclic amines) is 1. The normalized spacial score (nSPS) is 38.4. The fourth-order valence-corrected chi connectivity index (χ4v) is 4.33. The molecule has 4 heteroatoms. The second kappa shape index (κ2) is 6.02. The molecular weight excluding hydrogens is 252 g/mol. The number of nitrogens with zero attached hydrogens (tertiary/aromatic N) is 1. The Bertz CT molecular complexity index is 347. The van der Waals surface area contributed by atoms with E-state index in [9.17, 15) is 4.79 Å². The van der Waals surface area contributed by atoms with Gasteiger partial charge in [-0.25, -0.2) is 0 Å². The van der Waals surface area contributed by atoms with Crippen molar-refractivity contribution in [2.45, 2.75) is 57.4 Å². The molecule has 3 rings (SSSR count). The maximum atomic E-state index is 12.6. The average Bonchev–Trinajstić information content (AvgIpc) is 2.85. The molecule has 3 atom stereocenters. The highest BCUT2D eigenvalue weighted by Crippen LogP contribution is 2.38. The molecule has 0 aromatic rings. The first-order valence-corrected chi connectivity index (χ1v) is 8.30. The molecule has 20 heavy (non-hydrogen) atoms. The van der Waals surface area contributed by atoms with E-state index in [-0.39, 0.29) is 11.5 Å². The third kappa shape index (κ3) is 3.01. The summed E-state index contributed by atoms with van der Waals surface area (Å²) in [7, 11) is 0. The number of hydrogen-bond acceptors (Lipinski definition) is 3. The lowest BCUT2D eigenvalue weighted by atomic mass is 9.75. The van der Waals surface area contributed by atoms with Crippen molar-refractivity contribution >= 4 is 5.91 Å². The van der Waals surface area contributed by atoms with Gasteiger partial charge in [-0.1, -0.05) is 6.42 Å². The molecule has 2 saturated heterocycles. The number of hydrogen-bond donors (Lipinski definition) is 1. The van der Waals surface area contributed by atoms with Gasteiger partial charge in [0.05, 0.1) is 6.61 Å². The summed E-state index contributed by atoms with van der Waals surface area (Å²) in [5.74, 6) is 0.750. The monoisotopic (exact) mass is 280 g/mol. The molecule has 114 valence electrons. The first kappa shape index (κ1) is 14.3. The van der Waals surface area contributed by atoms with Crippen LogP contribution in [0.3, 0.4) is 0 Å². The van der Waals surface area contributed by atoms with Crippen LogP contribution in [0.15, 0.2) is 0 Å². The van der Waals surface area contributed by atoms with Crippen LogP contribution >= 0.6 is 0 Å². The van der Waals surface area contributed by atoms with E-state index < -0.39 is 0 Å². The van der Waals surface area contributed by atoms with Crippen LogP contribution < -0.4 is 5.73 Å². The van der Waals surface area contributed by atoms with Crippen molar-refractivity contribution in [3.8, 4) is 0 Å². The zero-order valence-corrected chi connectivity index (χ0v) is 12.5. The molecule has 2 heterocycles. The molecular formula is C16H28N2O2. The van der Waals surface area contributed by atoms with Gasteiger partial charge in [0.25, 0.3) is 0 Å². The van der Waals surface area contributed by atoms with E-state index >= 15 is 0 Å². The highest BCUT2D eigenvalue weighted by atomic mass is 16.5. The molecule has 1 aliphatic carbocycles. The quantitative estimate of drug-likeness (QED) is 0.841. The third-order valence-electron chi connectivity index (χ3n) is 5.57. The van der Waals surface area contributed by atoms with Crippen molar-refractivity contribution in [1.82, 2.24) is 4.90 Å². The number of piperidine rings is 1. The van der Waals surface area contributed by atoms with E-state index in [0.29, 0.717) is 18.2 Å². The molecule has 0 aromatic heterocycles. The fraction of sp³-hybridized carbons (Fsp3) is 0.938. The Hall–Kier alpha value is -0.610. The van der Waals surface area contributed by atoms with E-state index in [1.807, 2.05) is 0 Å². The topological polar surface area (TPSA) is 55.6 Å². The van der Waals surface area contributed by atoms with Crippen molar-refractivity contribution in [3.05, 3.63) is 0 Å². The van der Waals surface area contributed by atoms with Gasteiger partial charge in [0.1, 0.15) is 0 Å². The van der Waals surface area contributed by atoms with Gasteiger partial charge in [-0.3, -0.25) is 4.79 Å². The molecule has 2 N–H and O–H groups in total. The van der Waals surface area contributed by atoms with Crippen LogP contribution in [0.2, 0.25) is 0 Å². The Balaban J connectivity index is 1.57. The van der Waals surface area contributed by atoms with Gasteiger partial charge in [-0.15, -0.1) is 0 Å². The Labute approximate surface area is 122 Å². The summed E-state index contributed by atoms with van der Waals surface area (Å²) in [6.07, 6.45) is 8.81. The molecule has 0 aromatic carbocycles. The highest BCUT2D eigenvalue weighted by Gasteiger charge is 2.39. The van der Waals surface area contributed by atoms with Gasteiger partial charge in [0.2, 0.25) is 5.91 Å². The van der Waals surface area contributed by atoms with Gasteiger partial charge in [0, 0.05) is 37.6 Å². The molecule has 0 radical (unpaired) electrons. The van der Waals surface area contributed by atoms with E-state index in [0.717, 1.165) is 52.0 Å². The number of carbonyl (C=O) groups is 1. The minimum Gasteiger partial charge on any atom is -0.381 e. The summed E-state index contributed by atoms with van der Waals surface area (Å²) in [6.45, 7) is 3.59. The largest absolute Gasteiger partial charge is 0.381 e. The summed E-state index contributed by atoms with van der Waals surface area (Å²) < 4.78 is 5.68. The van der Waals surface area contributed by atoms with Gasteiger partial charge in [0.15, 0.2) is 0 Å². The minimum atomic E-state index is 0.246. The fourth-order valence-electron chi connectivity index (χ4n) is 4.33. The van der Waals surface area contributed by atoms with Crippen molar-refractivity contribution in [2.75, 3.05) is 26.3 Å². The zero-order chi connectivity index (χ0) is 14.0. The third-order valence-corrected chi connectivity index (χ3v) is 5.57. The summed E-state index contributed by atoms with van der Waals surface area (Å²) >= 11 is 0. The number of rotatable bonds is 2. The predicted molar refractivity (Wildman–Crippen MR) is 78.2 cm³/mol. The average molecular weight is 280 g/mol. The molecule has 3 fully saturated rings. The van der Waals surface area contributed by atoms with Gasteiger partial charge in [-0.2, -0.15) is 0 Å². The Morgan fingerprint density at radius 1 is 1.25 bits per heavy atom. The lowest BCUT2D eigenvalue weighted by molar-refractivity contribution is -0.139. The van der Waals surface area contributed by atoms with Crippen molar-refractivity contribution < 1.29 is 9.53 Å². The molecule has 1 amide bonds. The van der Waals surface area contributed by atoms with Crippen LogP contribution in [0.5, 0.6) is 0 Å². The maximum Gasteiger partial charge on any atom is 0.222 e. The van der Waals surface area contributed by atoms with E-state index in [1.165, 1.54) is 19.3 Å². The Morgan fingerprint density at radius 2 is 2.10 bits per heavy atom. The molecule has 2 aliphatic heterocycles. The lowest BCUT2D eigenvalue weighted by Crippen LogP contribution is -2.50. The van der Waals surface area contributed by atoms with E-state index in [1.54, 1.807) is 0 Å². The molecule has 1 unspecified atom stereocenters. The lowest BCUT2D eigenvalue weighted by Gasteiger charge is -2.45. The highest BCUT2D eigenvalue weighted by molar-refractivity contribution is 5.76. The van der Waals surface area contributed by atoms with Crippen molar-refractivity contribution in [1.29, 1.82) is 0 Å².